The van der Waals surface area contributed by atoms with Gasteiger partial charge in [0.25, 0.3) is 5.91 Å². The zero-order valence-corrected chi connectivity index (χ0v) is 21.0. The van der Waals surface area contributed by atoms with Crippen LogP contribution in [0, 0.1) is 0 Å². The van der Waals surface area contributed by atoms with Crippen molar-refractivity contribution in [2.45, 2.75) is 44.8 Å². The van der Waals surface area contributed by atoms with Crippen LogP contribution in [0.1, 0.15) is 51.6 Å². The smallest absolute Gasteiger partial charge is 0.312 e. The fourth-order valence-corrected chi connectivity index (χ4v) is 4.77. The first-order valence-corrected chi connectivity index (χ1v) is 12.5. The van der Waals surface area contributed by atoms with Crippen molar-refractivity contribution in [1.29, 1.82) is 0 Å². The van der Waals surface area contributed by atoms with Crippen LogP contribution >= 0.6 is 23.2 Å². The molecule has 1 amide bonds. The number of anilines is 1. The van der Waals surface area contributed by atoms with Gasteiger partial charge in [0, 0.05) is 41.6 Å². The van der Waals surface area contributed by atoms with Crippen molar-refractivity contribution in [2.75, 3.05) is 18.4 Å². The van der Waals surface area contributed by atoms with Crippen LogP contribution in [-0.4, -0.2) is 49.9 Å². The van der Waals surface area contributed by atoms with Gasteiger partial charge in [-0.2, -0.15) is 5.10 Å². The van der Waals surface area contributed by atoms with E-state index in [1.807, 2.05) is 6.07 Å². The summed E-state index contributed by atoms with van der Waals surface area (Å²) in [5.41, 5.74) is 3.02. The van der Waals surface area contributed by atoms with Gasteiger partial charge in [-0.3, -0.25) is 14.3 Å². The van der Waals surface area contributed by atoms with E-state index in [1.54, 1.807) is 10.9 Å². The van der Waals surface area contributed by atoms with Gasteiger partial charge in [0.15, 0.2) is 0 Å². The number of hydrogen-bond acceptors (Lipinski definition) is 6. The second kappa shape index (κ2) is 11.7. The number of carbonyl (C=O) groups excluding carboxylic acids is 1. The molecule has 1 aromatic carbocycles. The SMILES string of the molecule is O=C(NCC(C(=O)O)c1cc(Cl)cc(Cl)c1)c1cn(CCCc2ccc3c(n2)NCCC3)nc1CO. The summed E-state index contributed by atoms with van der Waals surface area (Å²) >= 11 is 12.0. The van der Waals surface area contributed by atoms with E-state index in [9.17, 15) is 19.8 Å². The Morgan fingerprint density at radius 1 is 1.19 bits per heavy atom. The minimum Gasteiger partial charge on any atom is -0.481 e. The number of aryl methyl sites for hydroxylation is 3. The summed E-state index contributed by atoms with van der Waals surface area (Å²) < 4.78 is 1.61. The van der Waals surface area contributed by atoms with E-state index in [-0.39, 0.29) is 17.8 Å². The maximum Gasteiger partial charge on any atom is 0.312 e. The minimum atomic E-state index is -1.13. The molecule has 0 spiro atoms. The van der Waals surface area contributed by atoms with E-state index >= 15 is 0 Å². The first-order chi connectivity index (χ1) is 17.3. The zero-order chi connectivity index (χ0) is 25.7. The lowest BCUT2D eigenvalue weighted by molar-refractivity contribution is -0.138. The Morgan fingerprint density at radius 3 is 2.69 bits per heavy atom. The summed E-state index contributed by atoms with van der Waals surface area (Å²) in [6.45, 7) is 0.871. The van der Waals surface area contributed by atoms with Crippen molar-refractivity contribution in [3.63, 3.8) is 0 Å². The highest BCUT2D eigenvalue weighted by Crippen LogP contribution is 2.25. The van der Waals surface area contributed by atoms with Crippen LogP contribution in [0.4, 0.5) is 5.82 Å². The fraction of sp³-hybridized carbons (Fsp3) is 0.360. The molecule has 2 aromatic heterocycles. The Bertz CT molecular complexity index is 1240. The molecule has 0 bridgehead atoms. The van der Waals surface area contributed by atoms with E-state index in [2.05, 4.69) is 21.8 Å². The number of hydrogen-bond donors (Lipinski definition) is 4. The number of benzene rings is 1. The van der Waals surface area contributed by atoms with Crippen molar-refractivity contribution in [2.24, 2.45) is 0 Å². The second-order valence-corrected chi connectivity index (χ2v) is 9.53. The zero-order valence-electron chi connectivity index (χ0n) is 19.5. The van der Waals surface area contributed by atoms with E-state index in [1.165, 1.54) is 23.8 Å². The highest BCUT2D eigenvalue weighted by atomic mass is 35.5. The van der Waals surface area contributed by atoms with Crippen LogP contribution in [-0.2, 0) is 30.8 Å². The van der Waals surface area contributed by atoms with Crippen LogP contribution in [0.3, 0.4) is 0 Å². The maximum atomic E-state index is 12.8. The molecule has 190 valence electrons. The van der Waals surface area contributed by atoms with Gasteiger partial charge in [0.2, 0.25) is 0 Å². The third kappa shape index (κ3) is 6.34. The summed E-state index contributed by atoms with van der Waals surface area (Å²) in [7, 11) is 0. The van der Waals surface area contributed by atoms with Gasteiger partial charge in [-0.15, -0.1) is 0 Å². The lowest BCUT2D eigenvalue weighted by Gasteiger charge is -2.17. The first-order valence-electron chi connectivity index (χ1n) is 11.7. The average Bonchev–Trinajstić information content (AvgIpc) is 3.26. The number of nitrogens with one attached hydrogen (secondary N) is 2. The predicted molar refractivity (Wildman–Crippen MR) is 137 cm³/mol. The number of fused-ring (bicyclic) bond motifs is 1. The number of halogens is 2. The van der Waals surface area contributed by atoms with Crippen LogP contribution in [0.2, 0.25) is 10.0 Å². The number of aliphatic hydroxyl groups is 1. The van der Waals surface area contributed by atoms with E-state index in [0.29, 0.717) is 22.2 Å². The van der Waals surface area contributed by atoms with Gasteiger partial charge in [0.1, 0.15) is 11.5 Å². The molecule has 3 heterocycles. The molecule has 36 heavy (non-hydrogen) atoms. The molecule has 1 aliphatic heterocycles. The van der Waals surface area contributed by atoms with Gasteiger partial charge >= 0.3 is 5.97 Å². The third-order valence-corrected chi connectivity index (χ3v) is 6.49. The molecule has 4 N–H and O–H groups in total. The highest BCUT2D eigenvalue weighted by Gasteiger charge is 2.23. The molecule has 0 saturated carbocycles. The number of pyridine rings is 1. The fourth-order valence-electron chi connectivity index (χ4n) is 4.23. The quantitative estimate of drug-likeness (QED) is 0.314. The number of carboxylic acids is 1. The normalized spacial score (nSPS) is 13.5. The molecular formula is C25H27Cl2N5O4. The van der Waals surface area contributed by atoms with E-state index in [0.717, 1.165) is 43.7 Å². The molecule has 0 aliphatic carbocycles. The molecule has 1 atom stereocenters. The molecule has 0 saturated heterocycles. The van der Waals surface area contributed by atoms with Crippen LogP contribution in [0.25, 0.3) is 0 Å². The van der Waals surface area contributed by atoms with E-state index < -0.39 is 24.4 Å². The Kier molecular flexibility index (Phi) is 8.45. The predicted octanol–water partition coefficient (Wildman–Crippen LogP) is 3.67. The van der Waals surface area contributed by atoms with Gasteiger partial charge in [0.05, 0.1) is 18.1 Å². The Labute approximate surface area is 218 Å². The van der Waals surface area contributed by atoms with Crippen molar-refractivity contribution in [3.05, 3.63) is 74.7 Å². The van der Waals surface area contributed by atoms with Gasteiger partial charge in [-0.25, -0.2) is 4.98 Å². The summed E-state index contributed by atoms with van der Waals surface area (Å²) in [5, 5.41) is 30.2. The molecule has 3 aromatic rings. The monoisotopic (exact) mass is 531 g/mol. The first kappa shape index (κ1) is 25.9. The number of nitrogens with zero attached hydrogens (tertiary/aromatic N) is 3. The molecule has 0 radical (unpaired) electrons. The van der Waals surface area contributed by atoms with Crippen LogP contribution in [0.15, 0.2) is 36.5 Å². The Morgan fingerprint density at radius 2 is 1.97 bits per heavy atom. The average molecular weight is 532 g/mol. The lowest BCUT2D eigenvalue weighted by atomic mass is 9.99. The standard InChI is InChI=1S/C25H27Cl2N5O4/c26-17-9-16(10-18(27)11-17)20(25(35)36)12-29-24(34)21-13-32(31-22(21)14-33)8-2-4-19-6-5-15-3-1-7-28-23(15)30-19/h5-6,9-11,13,20,33H,1-4,7-8,12,14H2,(H,28,30)(H,29,34)(H,35,36). The number of carbonyl (C=O) groups is 2. The summed E-state index contributed by atoms with van der Waals surface area (Å²) in [4.78, 5) is 29.3. The topological polar surface area (TPSA) is 129 Å². The number of aromatic nitrogens is 3. The minimum absolute atomic E-state index is 0.182. The number of rotatable bonds is 10. The molecule has 1 unspecified atom stereocenters. The summed E-state index contributed by atoms with van der Waals surface area (Å²) in [5.74, 6) is -1.74. The van der Waals surface area contributed by atoms with Gasteiger partial charge in [-0.1, -0.05) is 29.3 Å². The second-order valence-electron chi connectivity index (χ2n) is 8.66. The van der Waals surface area contributed by atoms with Crippen molar-refractivity contribution in [1.82, 2.24) is 20.1 Å². The van der Waals surface area contributed by atoms with E-state index in [4.69, 9.17) is 28.2 Å². The molecule has 1 aliphatic rings. The molecular weight excluding hydrogens is 505 g/mol. The molecule has 9 nitrogen and oxygen atoms in total. The molecule has 0 fully saturated rings. The third-order valence-electron chi connectivity index (χ3n) is 6.06. The largest absolute Gasteiger partial charge is 0.481 e. The maximum absolute atomic E-state index is 12.8. The number of amides is 1. The van der Waals surface area contributed by atoms with Gasteiger partial charge in [-0.05, 0) is 61.1 Å². The van der Waals surface area contributed by atoms with Crippen molar-refractivity contribution in [3.8, 4) is 0 Å². The van der Waals surface area contributed by atoms with Crippen molar-refractivity contribution < 1.29 is 19.8 Å². The lowest BCUT2D eigenvalue weighted by Crippen LogP contribution is -2.32. The molecule has 4 rings (SSSR count). The summed E-state index contributed by atoms with van der Waals surface area (Å²) in [6, 6.07) is 8.67. The Balaban J connectivity index is 1.37. The van der Waals surface area contributed by atoms with Crippen LogP contribution in [0.5, 0.6) is 0 Å². The highest BCUT2D eigenvalue weighted by molar-refractivity contribution is 6.34. The number of carboxylic acid groups (broad SMARTS) is 1. The number of aliphatic hydroxyl groups excluding tert-OH is 1. The van der Waals surface area contributed by atoms with Crippen LogP contribution < -0.4 is 10.6 Å². The summed E-state index contributed by atoms with van der Waals surface area (Å²) in [6.07, 6.45) is 5.21. The Hall–Kier alpha value is -3.14. The number of aliphatic carboxylic acids is 1. The van der Waals surface area contributed by atoms with Gasteiger partial charge < -0.3 is 20.8 Å². The molecule has 11 heteroatoms. The van der Waals surface area contributed by atoms with Crippen molar-refractivity contribution >= 4 is 40.9 Å².